The summed E-state index contributed by atoms with van der Waals surface area (Å²) in [5, 5.41) is 23.1. The lowest BCUT2D eigenvalue weighted by Crippen LogP contribution is -2.37. The van der Waals surface area contributed by atoms with E-state index in [1.807, 2.05) is 0 Å². The maximum absolute atomic E-state index is 4.48. The Kier molecular flexibility index (Phi) is 10.9. The number of rotatable bonds is 13. The summed E-state index contributed by atoms with van der Waals surface area (Å²) in [4.78, 5) is 13.4. The van der Waals surface area contributed by atoms with Crippen LogP contribution in [-0.2, 0) is 0 Å². The van der Waals surface area contributed by atoms with E-state index in [0.29, 0.717) is 44.5 Å². The Morgan fingerprint density at radius 3 is 1.26 bits per heavy atom. The van der Waals surface area contributed by atoms with E-state index in [1.165, 1.54) is 0 Å². The second kappa shape index (κ2) is 12.3. The lowest BCUT2D eigenvalue weighted by molar-refractivity contribution is 0.373. The molecular weight excluding hydrogens is 392 g/mol. The van der Waals surface area contributed by atoms with Crippen LogP contribution in [0.15, 0.2) is 0 Å². The fourth-order valence-corrected chi connectivity index (χ4v) is 2.39. The Balaban J connectivity index is 2.54. The van der Waals surface area contributed by atoms with Gasteiger partial charge >= 0.3 is 0 Å². The van der Waals surface area contributed by atoms with Gasteiger partial charge in [0, 0.05) is 32.0 Å². The minimum absolute atomic E-state index is 0.153. The van der Waals surface area contributed by atoms with E-state index in [4.69, 9.17) is 0 Å². The summed E-state index contributed by atoms with van der Waals surface area (Å²) < 4.78 is 0. The zero-order chi connectivity index (χ0) is 23.5. The summed E-state index contributed by atoms with van der Waals surface area (Å²) in [6, 6.07) is 0. The molecule has 10 heteroatoms. The summed E-state index contributed by atoms with van der Waals surface area (Å²) in [5.74, 6) is 1.56. The number of nitrogens with zero attached hydrogens (tertiary/aromatic N) is 3. The lowest BCUT2D eigenvalue weighted by atomic mass is 9.97. The first-order chi connectivity index (χ1) is 14.2. The summed E-state index contributed by atoms with van der Waals surface area (Å²) in [6.45, 7) is 23.8. The average Bonchev–Trinajstić information content (AvgIpc) is 2.57. The smallest absolute Gasteiger partial charge is 0.230 e. The lowest BCUT2D eigenvalue weighted by Gasteiger charge is -2.21. The molecule has 0 atom stereocenters. The van der Waals surface area contributed by atoms with Crippen LogP contribution in [0.4, 0.5) is 17.8 Å². The Morgan fingerprint density at radius 1 is 0.516 bits per heavy atom. The number of nitrogens with one attached hydrogen (secondary N) is 7. The second-order valence-corrected chi connectivity index (χ2v) is 11.2. The molecule has 180 valence electrons. The van der Waals surface area contributed by atoms with Gasteiger partial charge in [-0.05, 0) is 31.6 Å². The first-order valence-corrected chi connectivity index (χ1v) is 11.1. The SMILES string of the molecule is CC(C)(C)CNCNCNc1nc(NCNCNCC(C)(C)C)nc(NC(C)(C)C)n1. The molecule has 0 spiro atoms. The molecule has 1 rings (SSSR count). The molecule has 1 aromatic rings. The van der Waals surface area contributed by atoms with Gasteiger partial charge in [-0.1, -0.05) is 41.5 Å². The summed E-state index contributed by atoms with van der Waals surface area (Å²) in [7, 11) is 0. The highest BCUT2D eigenvalue weighted by molar-refractivity contribution is 5.43. The second-order valence-electron chi connectivity index (χ2n) is 11.2. The largest absolute Gasteiger partial charge is 0.349 e. The number of aromatic nitrogens is 3. The average molecular weight is 439 g/mol. The van der Waals surface area contributed by atoms with Gasteiger partial charge in [-0.3, -0.25) is 10.6 Å². The van der Waals surface area contributed by atoms with Crippen molar-refractivity contribution in [3.8, 4) is 0 Å². The summed E-state index contributed by atoms with van der Waals surface area (Å²) in [5.41, 5.74) is 0.363. The highest BCUT2D eigenvalue weighted by atomic mass is 15.3. The molecule has 0 aromatic carbocycles. The van der Waals surface area contributed by atoms with Gasteiger partial charge in [0.1, 0.15) is 0 Å². The predicted octanol–water partition coefficient (Wildman–Crippen LogP) is 2.19. The van der Waals surface area contributed by atoms with E-state index in [9.17, 15) is 0 Å². The maximum atomic E-state index is 4.48. The van der Waals surface area contributed by atoms with Crippen molar-refractivity contribution < 1.29 is 0 Å². The molecule has 7 N–H and O–H groups in total. The van der Waals surface area contributed by atoms with Crippen LogP contribution in [0.25, 0.3) is 0 Å². The van der Waals surface area contributed by atoms with Crippen LogP contribution in [0.5, 0.6) is 0 Å². The summed E-state index contributed by atoms with van der Waals surface area (Å²) in [6.07, 6.45) is 0. The quantitative estimate of drug-likeness (QED) is 0.182. The molecule has 0 unspecified atom stereocenters. The first kappa shape index (κ1) is 27.3. The van der Waals surface area contributed by atoms with Gasteiger partial charge in [0.05, 0.1) is 13.3 Å². The fourth-order valence-electron chi connectivity index (χ4n) is 2.39. The molecule has 1 aromatic heterocycles. The van der Waals surface area contributed by atoms with Gasteiger partial charge in [-0.2, -0.15) is 15.0 Å². The Morgan fingerprint density at radius 2 is 0.903 bits per heavy atom. The highest BCUT2D eigenvalue weighted by Crippen LogP contribution is 2.14. The third-order valence-corrected chi connectivity index (χ3v) is 3.68. The van der Waals surface area contributed by atoms with Crippen LogP contribution in [0.2, 0.25) is 0 Å². The van der Waals surface area contributed by atoms with Crippen molar-refractivity contribution in [2.24, 2.45) is 10.8 Å². The van der Waals surface area contributed by atoms with E-state index in [2.05, 4.69) is 114 Å². The predicted molar refractivity (Wildman–Crippen MR) is 131 cm³/mol. The molecule has 0 radical (unpaired) electrons. The molecule has 0 saturated carbocycles. The van der Waals surface area contributed by atoms with Crippen molar-refractivity contribution in [1.29, 1.82) is 0 Å². The minimum Gasteiger partial charge on any atom is -0.349 e. The molecule has 0 fully saturated rings. The van der Waals surface area contributed by atoms with Crippen molar-refractivity contribution >= 4 is 17.8 Å². The van der Waals surface area contributed by atoms with Crippen molar-refractivity contribution in [3.63, 3.8) is 0 Å². The number of hydrogen-bond acceptors (Lipinski definition) is 10. The van der Waals surface area contributed by atoms with E-state index in [-0.39, 0.29) is 16.4 Å². The minimum atomic E-state index is -0.153. The van der Waals surface area contributed by atoms with Crippen LogP contribution in [0.3, 0.4) is 0 Å². The molecule has 0 aliphatic carbocycles. The normalized spacial score (nSPS) is 12.7. The van der Waals surface area contributed by atoms with Gasteiger partial charge in [0.15, 0.2) is 0 Å². The highest BCUT2D eigenvalue weighted by Gasteiger charge is 2.14. The van der Waals surface area contributed by atoms with Crippen LogP contribution < -0.4 is 37.2 Å². The Bertz CT molecular complexity index is 584. The van der Waals surface area contributed by atoms with E-state index < -0.39 is 0 Å². The van der Waals surface area contributed by atoms with Crippen LogP contribution >= 0.6 is 0 Å². The molecule has 31 heavy (non-hydrogen) atoms. The number of anilines is 3. The van der Waals surface area contributed by atoms with E-state index in [1.54, 1.807) is 0 Å². The van der Waals surface area contributed by atoms with Gasteiger partial charge in [-0.25, -0.2) is 0 Å². The Labute approximate surface area is 189 Å². The van der Waals surface area contributed by atoms with Crippen molar-refractivity contribution in [2.45, 2.75) is 67.9 Å². The van der Waals surface area contributed by atoms with Crippen molar-refractivity contribution in [2.75, 3.05) is 55.7 Å². The maximum Gasteiger partial charge on any atom is 0.230 e. The molecule has 0 aliphatic rings. The molecular formula is C21H46N10. The molecule has 0 bridgehead atoms. The standard InChI is InChI=1S/C21H46N10/c1-19(2,3)10-22-12-24-14-26-16-28-17(30-18(29-16)31-21(7,8)9)27-15-25-13-23-11-20(4,5)6/h22-25H,10-15H2,1-9H3,(H3,26,27,28,29,30,31). The Hall–Kier alpha value is -1.75. The van der Waals surface area contributed by atoms with Gasteiger partial charge in [0.2, 0.25) is 17.8 Å². The fraction of sp³-hybridized carbons (Fsp3) is 0.857. The summed E-state index contributed by atoms with van der Waals surface area (Å²) >= 11 is 0. The molecule has 0 amide bonds. The molecule has 0 saturated heterocycles. The number of hydrogen-bond donors (Lipinski definition) is 7. The van der Waals surface area contributed by atoms with Gasteiger partial charge < -0.3 is 26.6 Å². The zero-order valence-electron chi connectivity index (χ0n) is 21.1. The first-order valence-electron chi connectivity index (χ1n) is 11.1. The van der Waals surface area contributed by atoms with Crippen LogP contribution in [0.1, 0.15) is 62.3 Å². The molecule has 1 heterocycles. The zero-order valence-corrected chi connectivity index (χ0v) is 21.1. The topological polar surface area (TPSA) is 123 Å². The van der Waals surface area contributed by atoms with Gasteiger partial charge in [-0.15, -0.1) is 0 Å². The van der Waals surface area contributed by atoms with Crippen LogP contribution in [0, 0.1) is 10.8 Å². The monoisotopic (exact) mass is 438 g/mol. The third-order valence-electron chi connectivity index (χ3n) is 3.68. The van der Waals surface area contributed by atoms with Gasteiger partial charge in [0.25, 0.3) is 0 Å². The van der Waals surface area contributed by atoms with Crippen molar-refractivity contribution in [3.05, 3.63) is 0 Å². The van der Waals surface area contributed by atoms with Crippen molar-refractivity contribution in [1.82, 2.24) is 36.2 Å². The van der Waals surface area contributed by atoms with E-state index in [0.717, 1.165) is 13.1 Å². The molecule has 0 aliphatic heterocycles. The van der Waals surface area contributed by atoms with E-state index >= 15 is 0 Å². The third kappa shape index (κ3) is 15.7. The van der Waals surface area contributed by atoms with Crippen LogP contribution in [-0.4, -0.2) is 60.3 Å². The molecule has 10 nitrogen and oxygen atoms in total.